The quantitative estimate of drug-likeness (QED) is 0.885. The van der Waals surface area contributed by atoms with E-state index in [1.807, 2.05) is 13.8 Å². The number of nitrogens with zero attached hydrogens (tertiary/aromatic N) is 2. The fourth-order valence-corrected chi connectivity index (χ4v) is 2.12. The number of nitrogens with one attached hydrogen (secondary N) is 1. The molecule has 20 heavy (non-hydrogen) atoms. The van der Waals surface area contributed by atoms with E-state index in [-0.39, 0.29) is 5.82 Å². The third kappa shape index (κ3) is 3.25. The highest BCUT2D eigenvalue weighted by Crippen LogP contribution is 2.26. The summed E-state index contributed by atoms with van der Waals surface area (Å²) in [6.07, 6.45) is 1.66. The minimum Gasteiger partial charge on any atom is -0.383 e. The number of anilines is 3. The molecule has 3 N–H and O–H groups in total. The largest absolute Gasteiger partial charge is 0.383 e. The SMILES string of the molecule is CCCc1nc(N)c(C)c(Nc2cc(Br)ccc2F)n1. The molecule has 0 radical (unpaired) electrons. The molecule has 0 saturated heterocycles. The number of halogens is 2. The van der Waals surface area contributed by atoms with Crippen LogP contribution in [-0.2, 0) is 6.42 Å². The maximum atomic E-state index is 13.8. The average Bonchev–Trinajstić information content (AvgIpc) is 2.40. The summed E-state index contributed by atoms with van der Waals surface area (Å²) in [6, 6.07) is 4.69. The van der Waals surface area contributed by atoms with Gasteiger partial charge in [-0.15, -0.1) is 0 Å². The van der Waals surface area contributed by atoms with Gasteiger partial charge >= 0.3 is 0 Å². The number of nitrogen functional groups attached to an aromatic ring is 1. The summed E-state index contributed by atoms with van der Waals surface area (Å²) in [4.78, 5) is 8.63. The third-order valence-corrected chi connectivity index (χ3v) is 3.38. The molecule has 6 heteroatoms. The highest BCUT2D eigenvalue weighted by Gasteiger charge is 2.11. The molecule has 0 fully saturated rings. The Labute approximate surface area is 125 Å². The van der Waals surface area contributed by atoms with Gasteiger partial charge in [0.15, 0.2) is 0 Å². The van der Waals surface area contributed by atoms with Gasteiger partial charge in [-0.3, -0.25) is 0 Å². The van der Waals surface area contributed by atoms with Gasteiger partial charge in [0.25, 0.3) is 0 Å². The van der Waals surface area contributed by atoms with Crippen LogP contribution in [0.25, 0.3) is 0 Å². The normalized spacial score (nSPS) is 10.6. The second-order valence-electron chi connectivity index (χ2n) is 4.50. The highest BCUT2D eigenvalue weighted by atomic mass is 79.9. The molecule has 0 bridgehead atoms. The van der Waals surface area contributed by atoms with Crippen LogP contribution in [0.2, 0.25) is 0 Å². The Balaban J connectivity index is 2.39. The molecule has 0 spiro atoms. The van der Waals surface area contributed by atoms with Gasteiger partial charge in [0.2, 0.25) is 0 Å². The van der Waals surface area contributed by atoms with Crippen molar-refractivity contribution in [3.8, 4) is 0 Å². The van der Waals surface area contributed by atoms with Crippen molar-refractivity contribution in [2.45, 2.75) is 26.7 Å². The molecule has 0 aliphatic heterocycles. The van der Waals surface area contributed by atoms with Gasteiger partial charge in [-0.1, -0.05) is 22.9 Å². The molecule has 0 saturated carbocycles. The Morgan fingerprint density at radius 2 is 2.10 bits per heavy atom. The fraction of sp³-hybridized carbons (Fsp3) is 0.286. The lowest BCUT2D eigenvalue weighted by molar-refractivity contribution is 0.631. The van der Waals surface area contributed by atoms with Gasteiger partial charge in [0, 0.05) is 16.5 Å². The van der Waals surface area contributed by atoms with Crippen molar-refractivity contribution in [1.29, 1.82) is 0 Å². The molecule has 4 nitrogen and oxygen atoms in total. The lowest BCUT2D eigenvalue weighted by atomic mass is 10.2. The average molecular weight is 339 g/mol. The van der Waals surface area contributed by atoms with Gasteiger partial charge in [-0.25, -0.2) is 14.4 Å². The summed E-state index contributed by atoms with van der Waals surface area (Å²) in [7, 11) is 0. The molecular formula is C14H16BrFN4. The van der Waals surface area contributed by atoms with Gasteiger partial charge in [0.1, 0.15) is 23.3 Å². The topological polar surface area (TPSA) is 63.8 Å². The Hall–Kier alpha value is -1.69. The maximum absolute atomic E-state index is 13.8. The molecule has 1 aromatic carbocycles. The van der Waals surface area contributed by atoms with Crippen LogP contribution in [0.15, 0.2) is 22.7 Å². The Morgan fingerprint density at radius 3 is 2.80 bits per heavy atom. The number of nitrogens with two attached hydrogens (primary N) is 1. The zero-order valence-corrected chi connectivity index (χ0v) is 13.0. The van der Waals surface area contributed by atoms with Crippen LogP contribution in [0.5, 0.6) is 0 Å². The van der Waals surface area contributed by atoms with Crippen LogP contribution in [0, 0.1) is 12.7 Å². The number of hydrogen-bond donors (Lipinski definition) is 2. The van der Waals surface area contributed by atoms with E-state index in [1.54, 1.807) is 12.1 Å². The Morgan fingerprint density at radius 1 is 1.35 bits per heavy atom. The molecule has 1 heterocycles. The van der Waals surface area contributed by atoms with E-state index in [1.165, 1.54) is 6.07 Å². The van der Waals surface area contributed by atoms with E-state index in [2.05, 4.69) is 31.2 Å². The first kappa shape index (κ1) is 14.7. The Kier molecular flexibility index (Phi) is 4.54. The van der Waals surface area contributed by atoms with Gasteiger partial charge in [0.05, 0.1) is 5.69 Å². The van der Waals surface area contributed by atoms with E-state index in [0.717, 1.165) is 17.3 Å². The van der Waals surface area contributed by atoms with Crippen LogP contribution in [0.3, 0.4) is 0 Å². The molecule has 0 amide bonds. The molecule has 1 aromatic heterocycles. The molecule has 0 aliphatic carbocycles. The van der Waals surface area contributed by atoms with Crippen LogP contribution < -0.4 is 11.1 Å². The van der Waals surface area contributed by atoms with Gasteiger partial charge in [-0.05, 0) is 31.5 Å². The molecular weight excluding hydrogens is 323 g/mol. The third-order valence-electron chi connectivity index (χ3n) is 2.88. The minimum atomic E-state index is -0.346. The Bertz CT molecular complexity index is 631. The maximum Gasteiger partial charge on any atom is 0.146 e. The van der Waals surface area contributed by atoms with Crippen molar-refractivity contribution in [1.82, 2.24) is 9.97 Å². The molecule has 0 atom stereocenters. The summed E-state index contributed by atoms with van der Waals surface area (Å²) in [6.45, 7) is 3.85. The molecule has 2 aromatic rings. The van der Waals surface area contributed by atoms with E-state index in [9.17, 15) is 4.39 Å². The predicted octanol–water partition coefficient (Wildman–Crippen LogP) is 3.96. The van der Waals surface area contributed by atoms with Crippen molar-refractivity contribution in [2.24, 2.45) is 0 Å². The van der Waals surface area contributed by atoms with Crippen molar-refractivity contribution < 1.29 is 4.39 Å². The van der Waals surface area contributed by atoms with Gasteiger partial charge < -0.3 is 11.1 Å². The van der Waals surface area contributed by atoms with Crippen LogP contribution >= 0.6 is 15.9 Å². The lowest BCUT2D eigenvalue weighted by Crippen LogP contribution is -2.07. The van der Waals surface area contributed by atoms with Crippen molar-refractivity contribution >= 4 is 33.3 Å². The van der Waals surface area contributed by atoms with Crippen molar-refractivity contribution in [2.75, 3.05) is 11.1 Å². The first-order chi connectivity index (χ1) is 9.51. The van der Waals surface area contributed by atoms with Crippen LogP contribution in [-0.4, -0.2) is 9.97 Å². The molecule has 2 rings (SSSR count). The highest BCUT2D eigenvalue weighted by molar-refractivity contribution is 9.10. The second kappa shape index (κ2) is 6.17. The standard InChI is InChI=1S/C14H16BrFN4/c1-3-4-12-19-13(17)8(2)14(20-12)18-11-7-9(15)5-6-10(11)16/h5-7H,3-4H2,1-2H3,(H3,17,18,19,20). The van der Waals surface area contributed by atoms with Crippen LogP contribution in [0.4, 0.5) is 21.7 Å². The summed E-state index contributed by atoms with van der Waals surface area (Å²) in [5.41, 5.74) is 6.94. The van der Waals surface area contributed by atoms with E-state index in [4.69, 9.17) is 5.73 Å². The zero-order valence-electron chi connectivity index (χ0n) is 11.4. The van der Waals surface area contributed by atoms with Crippen molar-refractivity contribution in [3.05, 3.63) is 39.9 Å². The van der Waals surface area contributed by atoms with E-state index < -0.39 is 0 Å². The number of rotatable bonds is 4. The number of aryl methyl sites for hydroxylation is 1. The monoisotopic (exact) mass is 338 g/mol. The van der Waals surface area contributed by atoms with Crippen molar-refractivity contribution in [3.63, 3.8) is 0 Å². The minimum absolute atomic E-state index is 0.346. The first-order valence-electron chi connectivity index (χ1n) is 6.36. The van der Waals surface area contributed by atoms with E-state index >= 15 is 0 Å². The molecule has 106 valence electrons. The first-order valence-corrected chi connectivity index (χ1v) is 7.15. The summed E-state index contributed by atoms with van der Waals surface area (Å²) < 4.78 is 14.6. The zero-order chi connectivity index (χ0) is 14.7. The lowest BCUT2D eigenvalue weighted by Gasteiger charge is -2.12. The number of aromatic nitrogens is 2. The number of hydrogen-bond acceptors (Lipinski definition) is 4. The van der Waals surface area contributed by atoms with E-state index in [0.29, 0.717) is 28.7 Å². The summed E-state index contributed by atoms with van der Waals surface area (Å²) >= 11 is 3.32. The predicted molar refractivity (Wildman–Crippen MR) is 82.6 cm³/mol. The van der Waals surface area contributed by atoms with Gasteiger partial charge in [-0.2, -0.15) is 0 Å². The van der Waals surface area contributed by atoms with Crippen LogP contribution in [0.1, 0.15) is 24.7 Å². The molecule has 0 aliphatic rings. The summed E-state index contributed by atoms with van der Waals surface area (Å²) in [5, 5.41) is 2.98. The fourth-order valence-electron chi connectivity index (χ4n) is 1.76. The summed E-state index contributed by atoms with van der Waals surface area (Å²) in [5.74, 6) is 1.27. The second-order valence-corrected chi connectivity index (χ2v) is 5.41. The molecule has 0 unspecified atom stereocenters. The number of benzene rings is 1. The smallest absolute Gasteiger partial charge is 0.146 e.